The van der Waals surface area contributed by atoms with Crippen molar-refractivity contribution in [2.45, 2.75) is 71.6 Å². The predicted molar refractivity (Wildman–Crippen MR) is 112 cm³/mol. The van der Waals surface area contributed by atoms with Gasteiger partial charge < -0.3 is 10.1 Å². The van der Waals surface area contributed by atoms with E-state index in [0.29, 0.717) is 10.2 Å². The number of nitrogens with one attached hydrogen (secondary N) is 2. The maximum Gasteiger partial charge on any atom is 0.321 e. The molecular formula is C20H26N4O5S. The Morgan fingerprint density at radius 3 is 2.70 bits per heavy atom. The number of carbonyl (C=O) groups excluding carboxylic acids is 3. The average molecular weight is 435 g/mol. The standard InChI is InChI=1S/C20H26N4O5S/c1-11-13(3)30-18-16(11)19(27)24(10-21-18)9-8-15(25)29-12(2)17(26)23-20(28)22-14-6-4-5-7-14/h10,12,14H,4-9H2,1-3H3,(H2,22,23,26,28). The van der Waals surface area contributed by atoms with Crippen LogP contribution in [0.4, 0.5) is 4.79 Å². The summed E-state index contributed by atoms with van der Waals surface area (Å²) in [4.78, 5) is 54.7. The Hall–Kier alpha value is -2.75. The first kappa shape index (κ1) is 21.9. The molecular weight excluding hydrogens is 408 g/mol. The molecule has 1 fully saturated rings. The highest BCUT2D eigenvalue weighted by Crippen LogP contribution is 2.25. The highest BCUT2D eigenvalue weighted by atomic mass is 32.1. The van der Waals surface area contributed by atoms with Crippen LogP contribution in [0.15, 0.2) is 11.1 Å². The number of aryl methyl sites for hydroxylation is 3. The first-order valence-corrected chi connectivity index (χ1v) is 10.8. The van der Waals surface area contributed by atoms with Crippen LogP contribution in [0.2, 0.25) is 0 Å². The minimum atomic E-state index is -1.12. The van der Waals surface area contributed by atoms with E-state index in [1.807, 2.05) is 13.8 Å². The summed E-state index contributed by atoms with van der Waals surface area (Å²) in [6.45, 7) is 5.29. The lowest BCUT2D eigenvalue weighted by Crippen LogP contribution is -2.47. The SMILES string of the molecule is Cc1sc2ncn(CCC(=O)OC(C)C(=O)NC(=O)NC3CCCC3)c(=O)c2c1C. The van der Waals surface area contributed by atoms with Crippen molar-refractivity contribution < 1.29 is 19.1 Å². The number of carbonyl (C=O) groups is 3. The van der Waals surface area contributed by atoms with Gasteiger partial charge in [0.15, 0.2) is 6.10 Å². The first-order chi connectivity index (χ1) is 14.3. The van der Waals surface area contributed by atoms with E-state index < -0.39 is 24.0 Å². The van der Waals surface area contributed by atoms with Gasteiger partial charge in [0.1, 0.15) is 4.83 Å². The Morgan fingerprint density at radius 1 is 1.30 bits per heavy atom. The van der Waals surface area contributed by atoms with Crippen LogP contribution in [0.1, 0.15) is 49.5 Å². The van der Waals surface area contributed by atoms with Crippen LogP contribution in [-0.2, 0) is 20.9 Å². The number of amides is 3. The zero-order chi connectivity index (χ0) is 21.8. The molecule has 0 bridgehead atoms. The molecule has 2 N–H and O–H groups in total. The Kier molecular flexibility index (Phi) is 6.86. The van der Waals surface area contributed by atoms with Gasteiger partial charge in [0.25, 0.3) is 11.5 Å². The normalized spacial score (nSPS) is 15.2. The highest BCUT2D eigenvalue weighted by Gasteiger charge is 2.23. The largest absolute Gasteiger partial charge is 0.452 e. The minimum absolute atomic E-state index is 0.0792. The van der Waals surface area contributed by atoms with E-state index in [1.54, 1.807) is 0 Å². The van der Waals surface area contributed by atoms with Gasteiger partial charge in [-0.15, -0.1) is 11.3 Å². The van der Waals surface area contributed by atoms with Crippen molar-refractivity contribution in [2.24, 2.45) is 0 Å². The molecule has 0 aromatic carbocycles. The van der Waals surface area contributed by atoms with Gasteiger partial charge in [-0.3, -0.25) is 24.3 Å². The maximum absolute atomic E-state index is 12.6. The Bertz CT molecular complexity index is 1020. The van der Waals surface area contributed by atoms with E-state index in [0.717, 1.165) is 36.1 Å². The van der Waals surface area contributed by atoms with Crippen LogP contribution in [0, 0.1) is 13.8 Å². The molecule has 0 spiro atoms. The van der Waals surface area contributed by atoms with Gasteiger partial charge in [-0.1, -0.05) is 12.8 Å². The van der Waals surface area contributed by atoms with Crippen LogP contribution in [0.3, 0.4) is 0 Å². The van der Waals surface area contributed by atoms with Gasteiger partial charge in [0.2, 0.25) is 0 Å². The second-order valence-corrected chi connectivity index (χ2v) is 8.74. The third-order valence-corrected chi connectivity index (χ3v) is 6.43. The molecule has 1 aliphatic rings. The molecule has 2 aromatic rings. The third-order valence-electron chi connectivity index (χ3n) is 5.32. The van der Waals surface area contributed by atoms with Crippen molar-refractivity contribution in [1.29, 1.82) is 0 Å². The van der Waals surface area contributed by atoms with Gasteiger partial charge in [0, 0.05) is 17.5 Å². The monoisotopic (exact) mass is 434 g/mol. The van der Waals surface area contributed by atoms with Crippen LogP contribution < -0.4 is 16.2 Å². The Morgan fingerprint density at radius 2 is 2.00 bits per heavy atom. The second-order valence-electron chi connectivity index (χ2n) is 7.53. The molecule has 1 aliphatic carbocycles. The molecule has 1 atom stereocenters. The third kappa shape index (κ3) is 5.05. The molecule has 0 saturated heterocycles. The quantitative estimate of drug-likeness (QED) is 0.673. The molecule has 2 aromatic heterocycles. The minimum Gasteiger partial charge on any atom is -0.452 e. The van der Waals surface area contributed by atoms with E-state index in [2.05, 4.69) is 15.6 Å². The molecule has 9 nitrogen and oxygen atoms in total. The number of hydrogen-bond acceptors (Lipinski definition) is 7. The molecule has 3 amide bonds. The van der Waals surface area contributed by atoms with Gasteiger partial charge >= 0.3 is 12.0 Å². The van der Waals surface area contributed by atoms with Crippen LogP contribution in [0.25, 0.3) is 10.2 Å². The van der Waals surface area contributed by atoms with Gasteiger partial charge in [-0.25, -0.2) is 9.78 Å². The Balaban J connectivity index is 1.50. The summed E-state index contributed by atoms with van der Waals surface area (Å²) in [5.41, 5.74) is 0.689. The molecule has 2 heterocycles. The van der Waals surface area contributed by atoms with E-state index >= 15 is 0 Å². The lowest BCUT2D eigenvalue weighted by molar-refractivity contribution is -0.154. The van der Waals surface area contributed by atoms with Crippen LogP contribution in [-0.4, -0.2) is 39.6 Å². The van der Waals surface area contributed by atoms with Crippen LogP contribution >= 0.6 is 11.3 Å². The zero-order valence-corrected chi connectivity index (χ0v) is 18.1. The lowest BCUT2D eigenvalue weighted by Gasteiger charge is -2.15. The van der Waals surface area contributed by atoms with Crippen molar-refractivity contribution in [3.63, 3.8) is 0 Å². The molecule has 1 saturated carbocycles. The Labute approximate surface area is 177 Å². The summed E-state index contributed by atoms with van der Waals surface area (Å²) < 4.78 is 6.46. The van der Waals surface area contributed by atoms with E-state index in [-0.39, 0.29) is 24.6 Å². The van der Waals surface area contributed by atoms with Gasteiger partial charge in [0.05, 0.1) is 18.1 Å². The predicted octanol–water partition coefficient (Wildman–Crippen LogP) is 2.17. The van der Waals surface area contributed by atoms with Crippen molar-refractivity contribution in [1.82, 2.24) is 20.2 Å². The number of thiophene rings is 1. The summed E-state index contributed by atoms with van der Waals surface area (Å²) in [5.74, 6) is -1.33. The topological polar surface area (TPSA) is 119 Å². The molecule has 162 valence electrons. The molecule has 0 radical (unpaired) electrons. The van der Waals surface area contributed by atoms with Crippen molar-refractivity contribution in [3.8, 4) is 0 Å². The smallest absolute Gasteiger partial charge is 0.321 e. The number of hydrogen-bond donors (Lipinski definition) is 2. The van der Waals surface area contributed by atoms with E-state index in [9.17, 15) is 19.2 Å². The number of rotatable bonds is 6. The van der Waals surface area contributed by atoms with Crippen molar-refractivity contribution in [2.75, 3.05) is 0 Å². The average Bonchev–Trinajstić information content (AvgIpc) is 3.29. The number of ether oxygens (including phenoxy) is 1. The van der Waals surface area contributed by atoms with Crippen molar-refractivity contribution >= 4 is 39.5 Å². The molecule has 10 heteroatoms. The number of imide groups is 1. The number of fused-ring (bicyclic) bond motifs is 1. The summed E-state index contributed by atoms with van der Waals surface area (Å²) in [7, 11) is 0. The summed E-state index contributed by atoms with van der Waals surface area (Å²) in [6.07, 6.45) is 4.12. The van der Waals surface area contributed by atoms with E-state index in [4.69, 9.17) is 4.74 Å². The summed E-state index contributed by atoms with van der Waals surface area (Å²) in [5, 5.41) is 5.49. The maximum atomic E-state index is 12.6. The number of esters is 1. The number of urea groups is 1. The molecule has 1 unspecified atom stereocenters. The fourth-order valence-electron chi connectivity index (χ4n) is 3.46. The second kappa shape index (κ2) is 9.38. The summed E-state index contributed by atoms with van der Waals surface area (Å²) >= 11 is 1.46. The number of aromatic nitrogens is 2. The molecule has 3 rings (SSSR count). The van der Waals surface area contributed by atoms with Gasteiger partial charge in [-0.2, -0.15) is 0 Å². The number of nitrogens with zero attached hydrogens (tertiary/aromatic N) is 2. The lowest BCUT2D eigenvalue weighted by atomic mass is 10.2. The zero-order valence-electron chi connectivity index (χ0n) is 17.3. The fourth-order valence-corrected chi connectivity index (χ4v) is 4.44. The highest BCUT2D eigenvalue weighted by molar-refractivity contribution is 7.18. The van der Waals surface area contributed by atoms with E-state index in [1.165, 1.54) is 29.2 Å². The van der Waals surface area contributed by atoms with Gasteiger partial charge in [-0.05, 0) is 39.2 Å². The molecule has 30 heavy (non-hydrogen) atoms. The molecule has 0 aliphatic heterocycles. The van der Waals surface area contributed by atoms with Crippen LogP contribution in [0.5, 0.6) is 0 Å². The summed E-state index contributed by atoms with van der Waals surface area (Å²) in [6, 6.07) is -0.502. The first-order valence-electron chi connectivity index (χ1n) is 10.0. The fraction of sp³-hybridized carbons (Fsp3) is 0.550. The van der Waals surface area contributed by atoms with Crippen molar-refractivity contribution in [3.05, 3.63) is 27.1 Å².